The second-order valence-electron chi connectivity index (χ2n) is 17.1. The molecule has 6 nitrogen and oxygen atoms in total. The summed E-state index contributed by atoms with van der Waals surface area (Å²) in [5.41, 5.74) is 0. The zero-order valence-corrected chi connectivity index (χ0v) is 42.0. The van der Waals surface area contributed by atoms with E-state index in [1.54, 1.807) is 0 Å². The van der Waals surface area contributed by atoms with Crippen molar-refractivity contribution in [3.63, 3.8) is 0 Å². The van der Waals surface area contributed by atoms with Crippen molar-refractivity contribution in [1.29, 1.82) is 0 Å². The summed E-state index contributed by atoms with van der Waals surface area (Å²) in [5.74, 6) is -1.00. The number of rotatable bonds is 46. The zero-order chi connectivity index (χ0) is 47.2. The first kappa shape index (κ1) is 61.1. The number of allylic oxidation sites excluding steroid dienone is 18. The molecule has 0 rings (SSSR count). The van der Waals surface area contributed by atoms with E-state index in [4.69, 9.17) is 14.2 Å². The molecule has 65 heavy (non-hydrogen) atoms. The number of esters is 3. The summed E-state index contributed by atoms with van der Waals surface area (Å²) in [6.45, 7) is 6.40. The normalized spacial score (nSPS) is 13.0. The molecular weight excluding hydrogens is 805 g/mol. The van der Waals surface area contributed by atoms with Crippen LogP contribution in [0.5, 0.6) is 0 Å². The summed E-state index contributed by atoms with van der Waals surface area (Å²) in [4.78, 5) is 38.0. The molecule has 0 bridgehead atoms. The molecule has 0 aliphatic heterocycles. The van der Waals surface area contributed by atoms with Crippen LogP contribution in [0.4, 0.5) is 0 Å². The molecule has 0 saturated heterocycles. The van der Waals surface area contributed by atoms with Gasteiger partial charge in [-0.05, 0) is 103 Å². The lowest BCUT2D eigenvalue weighted by Crippen LogP contribution is -2.30. The summed E-state index contributed by atoms with van der Waals surface area (Å²) in [7, 11) is 0. The molecule has 6 heteroatoms. The first-order valence-electron chi connectivity index (χ1n) is 26.4. The SMILES string of the molecule is CC/C=C\C/C=C\C/C=C\C/C=C\C/C=C\CCCCCC(=O)OC[C@H](COC(=O)CCC/C=C\C/C=C\C/C=C\C/C=C\CCCCC)OC(=O)CCCCCCCCCCCCC. The predicted octanol–water partition coefficient (Wildman–Crippen LogP) is 17.5. The molecule has 0 aromatic carbocycles. The summed E-state index contributed by atoms with van der Waals surface area (Å²) in [6.07, 6.45) is 70.8. The first-order valence-corrected chi connectivity index (χ1v) is 26.4. The van der Waals surface area contributed by atoms with E-state index in [9.17, 15) is 14.4 Å². The van der Waals surface area contributed by atoms with Crippen molar-refractivity contribution in [3.05, 3.63) is 109 Å². The third kappa shape index (κ3) is 50.9. The van der Waals surface area contributed by atoms with Crippen LogP contribution >= 0.6 is 0 Å². The Bertz CT molecular complexity index is 1360. The molecule has 0 N–H and O–H groups in total. The van der Waals surface area contributed by atoms with Gasteiger partial charge in [-0.3, -0.25) is 14.4 Å². The van der Waals surface area contributed by atoms with Crippen LogP contribution in [0.25, 0.3) is 0 Å². The Hall–Kier alpha value is -3.93. The van der Waals surface area contributed by atoms with Crippen LogP contribution in [0, 0.1) is 0 Å². The molecule has 0 aromatic heterocycles. The van der Waals surface area contributed by atoms with Crippen LogP contribution in [-0.2, 0) is 28.6 Å². The third-order valence-corrected chi connectivity index (χ3v) is 10.8. The van der Waals surface area contributed by atoms with Crippen LogP contribution in [-0.4, -0.2) is 37.2 Å². The van der Waals surface area contributed by atoms with Gasteiger partial charge in [0.05, 0.1) is 0 Å². The van der Waals surface area contributed by atoms with Crippen molar-refractivity contribution in [2.75, 3.05) is 13.2 Å². The van der Waals surface area contributed by atoms with Gasteiger partial charge in [-0.2, -0.15) is 0 Å². The van der Waals surface area contributed by atoms with E-state index in [-0.39, 0.29) is 37.5 Å². The maximum Gasteiger partial charge on any atom is 0.306 e. The molecule has 0 aliphatic carbocycles. The molecule has 0 spiro atoms. The Balaban J connectivity index is 4.50. The largest absolute Gasteiger partial charge is 0.462 e. The average molecular weight is 901 g/mol. The number of unbranched alkanes of at least 4 members (excludes halogenated alkanes) is 17. The van der Waals surface area contributed by atoms with Gasteiger partial charge < -0.3 is 14.2 Å². The van der Waals surface area contributed by atoms with E-state index in [1.807, 2.05) is 0 Å². The highest BCUT2D eigenvalue weighted by atomic mass is 16.6. The average Bonchev–Trinajstić information content (AvgIpc) is 3.30. The molecule has 0 radical (unpaired) electrons. The molecule has 0 unspecified atom stereocenters. The van der Waals surface area contributed by atoms with Crippen molar-refractivity contribution < 1.29 is 28.6 Å². The smallest absolute Gasteiger partial charge is 0.306 e. The highest BCUT2D eigenvalue weighted by Gasteiger charge is 2.19. The van der Waals surface area contributed by atoms with Gasteiger partial charge in [0.1, 0.15) is 13.2 Å². The standard InChI is InChI=1S/C59H96O6/c1-4-7-10-13-16-19-22-24-26-28-29-31-33-35-38-40-43-46-49-52-58(61)64-55-56(65-59(62)53-50-47-44-41-36-21-18-15-12-9-6-3)54-63-57(60)51-48-45-42-39-37-34-32-30-27-25-23-20-17-14-11-8-5-2/h7,10,16-17,19-20,24-27,29,31-32,34-35,38-39,42,56H,4-6,8-9,11-15,18,21-23,28,30,33,36-37,40-41,43-55H2,1-3H3/b10-7-,19-16-,20-17-,26-24-,27-25-,31-29-,34-32-,38-35-,42-39-/t56-/m0/s1. The van der Waals surface area contributed by atoms with Gasteiger partial charge in [0.15, 0.2) is 6.10 Å². The fourth-order valence-electron chi connectivity index (χ4n) is 6.81. The molecule has 0 fully saturated rings. The molecule has 0 heterocycles. The van der Waals surface area contributed by atoms with Gasteiger partial charge in [0.25, 0.3) is 0 Å². The van der Waals surface area contributed by atoms with Gasteiger partial charge >= 0.3 is 17.9 Å². The first-order chi connectivity index (χ1) is 32.0. The maximum absolute atomic E-state index is 12.8. The highest BCUT2D eigenvalue weighted by molar-refractivity contribution is 5.71. The lowest BCUT2D eigenvalue weighted by atomic mass is 10.1. The minimum Gasteiger partial charge on any atom is -0.462 e. The number of ether oxygens (including phenoxy) is 3. The Morgan fingerprint density at radius 2 is 0.615 bits per heavy atom. The topological polar surface area (TPSA) is 78.9 Å². The zero-order valence-electron chi connectivity index (χ0n) is 42.0. The van der Waals surface area contributed by atoms with E-state index in [2.05, 4.69) is 130 Å². The Morgan fingerprint density at radius 3 is 1.03 bits per heavy atom. The minimum absolute atomic E-state index is 0.113. The minimum atomic E-state index is -0.813. The van der Waals surface area contributed by atoms with E-state index >= 15 is 0 Å². The Labute approximate surface area is 400 Å². The molecule has 0 amide bonds. The molecule has 0 saturated carbocycles. The fourth-order valence-corrected chi connectivity index (χ4v) is 6.81. The van der Waals surface area contributed by atoms with Crippen LogP contribution in [0.3, 0.4) is 0 Å². The summed E-state index contributed by atoms with van der Waals surface area (Å²) in [6, 6.07) is 0. The lowest BCUT2D eigenvalue weighted by Gasteiger charge is -2.18. The number of hydrogen-bond donors (Lipinski definition) is 0. The van der Waals surface area contributed by atoms with Crippen molar-refractivity contribution in [2.45, 2.75) is 232 Å². The van der Waals surface area contributed by atoms with Gasteiger partial charge in [-0.1, -0.05) is 214 Å². The Morgan fingerprint density at radius 1 is 0.323 bits per heavy atom. The molecule has 368 valence electrons. The van der Waals surface area contributed by atoms with E-state index in [0.29, 0.717) is 19.3 Å². The number of hydrogen-bond acceptors (Lipinski definition) is 6. The Kier molecular flexibility index (Phi) is 49.5. The van der Waals surface area contributed by atoms with Gasteiger partial charge in [0.2, 0.25) is 0 Å². The lowest BCUT2D eigenvalue weighted by molar-refractivity contribution is -0.167. The van der Waals surface area contributed by atoms with E-state index < -0.39 is 6.10 Å². The van der Waals surface area contributed by atoms with Gasteiger partial charge in [-0.25, -0.2) is 0 Å². The quantitative estimate of drug-likeness (QED) is 0.0262. The van der Waals surface area contributed by atoms with Crippen LogP contribution in [0.1, 0.15) is 226 Å². The second-order valence-corrected chi connectivity index (χ2v) is 17.1. The van der Waals surface area contributed by atoms with Crippen molar-refractivity contribution in [1.82, 2.24) is 0 Å². The summed E-state index contributed by atoms with van der Waals surface area (Å²) < 4.78 is 16.7. The number of carbonyl (C=O) groups excluding carboxylic acids is 3. The predicted molar refractivity (Wildman–Crippen MR) is 279 cm³/mol. The fraction of sp³-hybridized carbons (Fsp3) is 0.644. The third-order valence-electron chi connectivity index (χ3n) is 10.8. The van der Waals surface area contributed by atoms with Crippen molar-refractivity contribution >= 4 is 17.9 Å². The van der Waals surface area contributed by atoms with E-state index in [0.717, 1.165) is 103 Å². The second kappa shape index (κ2) is 52.7. The highest BCUT2D eigenvalue weighted by Crippen LogP contribution is 2.13. The van der Waals surface area contributed by atoms with Crippen LogP contribution < -0.4 is 0 Å². The van der Waals surface area contributed by atoms with Gasteiger partial charge in [0, 0.05) is 19.3 Å². The molecule has 0 aromatic rings. The monoisotopic (exact) mass is 901 g/mol. The molecule has 1 atom stereocenters. The van der Waals surface area contributed by atoms with Crippen molar-refractivity contribution in [3.8, 4) is 0 Å². The molecular formula is C59H96O6. The van der Waals surface area contributed by atoms with E-state index in [1.165, 1.54) is 77.0 Å². The van der Waals surface area contributed by atoms with Gasteiger partial charge in [-0.15, -0.1) is 0 Å². The summed E-state index contributed by atoms with van der Waals surface area (Å²) >= 11 is 0. The molecule has 0 aliphatic rings. The summed E-state index contributed by atoms with van der Waals surface area (Å²) in [5, 5.41) is 0. The van der Waals surface area contributed by atoms with Crippen LogP contribution in [0.2, 0.25) is 0 Å². The van der Waals surface area contributed by atoms with Crippen molar-refractivity contribution in [2.24, 2.45) is 0 Å². The maximum atomic E-state index is 12.8. The van der Waals surface area contributed by atoms with Crippen LogP contribution in [0.15, 0.2) is 109 Å². The number of carbonyl (C=O) groups is 3.